The number of fused-ring (bicyclic) bond motifs is 2. The molecule has 2 fully saturated rings. The number of benzene rings is 3. The van der Waals surface area contributed by atoms with Crippen LogP contribution in [0.4, 0.5) is 11.5 Å². The predicted octanol–water partition coefficient (Wildman–Crippen LogP) is 5.12. The third-order valence-corrected chi connectivity index (χ3v) is 10.8. The number of rotatable bonds is 9. The van der Waals surface area contributed by atoms with Crippen molar-refractivity contribution in [3.63, 3.8) is 0 Å². The lowest BCUT2D eigenvalue weighted by Crippen LogP contribution is -2.22. The molecule has 19 heteroatoms. The second-order valence-corrected chi connectivity index (χ2v) is 15.2. The van der Waals surface area contributed by atoms with Crippen LogP contribution in [-0.2, 0) is 37.1 Å². The zero-order valence-electron chi connectivity index (χ0n) is 34.6. The summed E-state index contributed by atoms with van der Waals surface area (Å²) < 4.78 is 6.28. The smallest absolute Gasteiger partial charge is 0.414 e. The number of aliphatic hydroxyl groups excluding tert-OH is 1. The van der Waals surface area contributed by atoms with E-state index in [1.54, 1.807) is 6.20 Å². The van der Waals surface area contributed by atoms with Gasteiger partial charge < -0.3 is 40.4 Å². The van der Waals surface area contributed by atoms with Crippen LogP contribution in [-0.4, -0.2) is 118 Å². The molecule has 0 radical (unpaired) electrons. The number of nitrogens with zero attached hydrogens (tertiary/aromatic N) is 6. The van der Waals surface area contributed by atoms with Crippen LogP contribution in [0.15, 0.2) is 77.5 Å². The van der Waals surface area contributed by atoms with Crippen LogP contribution in [0, 0.1) is 31.1 Å². The van der Waals surface area contributed by atoms with E-state index in [1.807, 2.05) is 48.7 Å². The molecular weight excluding hydrogens is 831 g/mol. The fraction of sp³-hybridized carbons (Fsp3) is 0.267. The van der Waals surface area contributed by atoms with E-state index in [0.717, 1.165) is 75.0 Å². The summed E-state index contributed by atoms with van der Waals surface area (Å²) in [6, 6.07) is 22.4. The lowest BCUT2D eigenvalue weighted by atomic mass is 9.93. The van der Waals surface area contributed by atoms with E-state index >= 15 is 0 Å². The van der Waals surface area contributed by atoms with Crippen molar-refractivity contribution in [1.82, 2.24) is 24.8 Å². The van der Waals surface area contributed by atoms with Crippen molar-refractivity contribution in [2.45, 2.75) is 45.9 Å². The maximum atomic E-state index is 11.5. The van der Waals surface area contributed by atoms with Gasteiger partial charge in [-0.25, -0.2) is 29.1 Å². The van der Waals surface area contributed by atoms with E-state index < -0.39 is 29.8 Å². The first kappa shape index (κ1) is 45.7. The number of nitriles is 1. The van der Waals surface area contributed by atoms with Crippen molar-refractivity contribution >= 4 is 63.4 Å². The molecule has 2 aliphatic heterocycles. The SMILES string of the molecule is Cc1c(Nc2nccc3cc(CN4CC[C@@H](O)C4)cnc23)cccc1-c1cccc(-c2nc3cc(CN4CC[C@@H](C(=O)O)C4)cc(C#N)c3o2)c1C.O=C(O)C(=O)O.O=C(O)C(=O)O. The number of carbonyl (C=O) groups is 5. The molecule has 0 spiro atoms. The number of hydrogen-bond donors (Lipinski definition) is 7. The molecule has 64 heavy (non-hydrogen) atoms. The molecular formula is C45H43N7O12. The van der Waals surface area contributed by atoms with Gasteiger partial charge in [-0.1, -0.05) is 24.3 Å². The quantitative estimate of drug-likeness (QED) is 0.0927. The first-order valence-corrected chi connectivity index (χ1v) is 19.8. The lowest BCUT2D eigenvalue weighted by molar-refractivity contribution is -0.159. The van der Waals surface area contributed by atoms with Crippen LogP contribution >= 0.6 is 0 Å². The summed E-state index contributed by atoms with van der Waals surface area (Å²) in [5.74, 6) is -7.31. The van der Waals surface area contributed by atoms with Gasteiger partial charge in [0, 0.05) is 61.8 Å². The van der Waals surface area contributed by atoms with E-state index in [0.29, 0.717) is 61.0 Å². The standard InChI is InChI=1S/C41H39N7O4.2C2H2O4/c1-24-32(5-3-7-34(24)40-46-36-17-26(15-30(18-42)38(36)52-40)20-47-13-10-29(22-47)41(50)51)33-6-4-8-35(25(33)2)45-39-37-28(9-12-43-39)16-27(19-44-37)21-48-14-11-31(49)23-48;2*3-1(4)2(5)6/h3-9,12,15-17,19,29,31,49H,10-11,13-14,20-23H2,1-2H3,(H,43,45)(H,50,51);2*(H,3,4)(H,5,6)/t29-,31-;;/m1../s1. The maximum absolute atomic E-state index is 11.5. The van der Waals surface area contributed by atoms with E-state index in [-0.39, 0.29) is 12.0 Å². The Labute approximate surface area is 364 Å². The van der Waals surface area contributed by atoms with Gasteiger partial charge in [0.05, 0.1) is 17.6 Å². The number of pyridine rings is 2. The number of hydrogen-bond acceptors (Lipinski definition) is 14. The van der Waals surface area contributed by atoms with Gasteiger partial charge in [-0.15, -0.1) is 0 Å². The second-order valence-electron chi connectivity index (χ2n) is 15.2. The Kier molecular flexibility index (Phi) is 14.2. The number of oxazole rings is 1. The monoisotopic (exact) mass is 873 g/mol. The minimum atomic E-state index is -1.82. The highest BCUT2D eigenvalue weighted by molar-refractivity contribution is 6.27. The van der Waals surface area contributed by atoms with Crippen LogP contribution in [0.1, 0.15) is 40.7 Å². The molecule has 6 aromatic rings. The number of aliphatic hydroxyl groups is 1. The van der Waals surface area contributed by atoms with Gasteiger partial charge in [-0.05, 0) is 103 Å². The number of aromatic nitrogens is 3. The van der Waals surface area contributed by atoms with Gasteiger partial charge >= 0.3 is 29.8 Å². The second kappa shape index (κ2) is 19.9. The fourth-order valence-corrected chi connectivity index (χ4v) is 7.66. The molecule has 7 N–H and O–H groups in total. The summed E-state index contributed by atoms with van der Waals surface area (Å²) >= 11 is 0. The Bertz CT molecular complexity index is 2770. The summed E-state index contributed by atoms with van der Waals surface area (Å²) in [6.07, 6.45) is 4.87. The van der Waals surface area contributed by atoms with Gasteiger partial charge in [0.15, 0.2) is 11.4 Å². The normalized spacial score (nSPS) is 16.0. The minimum absolute atomic E-state index is 0.254. The highest BCUT2D eigenvalue weighted by Gasteiger charge is 2.28. The van der Waals surface area contributed by atoms with Gasteiger partial charge in [0.1, 0.15) is 17.1 Å². The maximum Gasteiger partial charge on any atom is 0.414 e. The molecule has 19 nitrogen and oxygen atoms in total. The van der Waals surface area contributed by atoms with E-state index in [9.17, 15) is 20.3 Å². The zero-order valence-corrected chi connectivity index (χ0v) is 34.6. The van der Waals surface area contributed by atoms with Crippen molar-refractivity contribution in [2.24, 2.45) is 5.92 Å². The number of aliphatic carboxylic acids is 5. The topological polar surface area (TPSA) is 301 Å². The highest BCUT2D eigenvalue weighted by Crippen LogP contribution is 2.38. The third-order valence-electron chi connectivity index (χ3n) is 10.8. The molecule has 0 bridgehead atoms. The highest BCUT2D eigenvalue weighted by atomic mass is 16.4. The van der Waals surface area contributed by atoms with Crippen molar-refractivity contribution in [3.8, 4) is 28.7 Å². The molecule has 0 saturated carbocycles. The third kappa shape index (κ3) is 10.8. The molecule has 2 aliphatic rings. The van der Waals surface area contributed by atoms with Crippen LogP contribution < -0.4 is 5.32 Å². The largest absolute Gasteiger partial charge is 0.481 e. The van der Waals surface area contributed by atoms with E-state index in [4.69, 9.17) is 54.0 Å². The molecule has 2 atom stereocenters. The Morgan fingerprint density at radius 3 is 2.03 bits per heavy atom. The van der Waals surface area contributed by atoms with Gasteiger partial charge in [0.2, 0.25) is 5.89 Å². The fourth-order valence-electron chi connectivity index (χ4n) is 7.66. The summed E-state index contributed by atoms with van der Waals surface area (Å²) in [4.78, 5) is 66.5. The number of carboxylic acid groups (broad SMARTS) is 5. The summed E-state index contributed by atoms with van der Waals surface area (Å²) in [6.45, 7) is 8.21. The predicted molar refractivity (Wildman–Crippen MR) is 229 cm³/mol. The number of nitrogens with one attached hydrogen (secondary N) is 1. The van der Waals surface area contributed by atoms with Gasteiger partial charge in [0.25, 0.3) is 0 Å². The number of likely N-dealkylation sites (tertiary alicyclic amines) is 2. The van der Waals surface area contributed by atoms with Crippen LogP contribution in [0.5, 0.6) is 0 Å². The van der Waals surface area contributed by atoms with E-state index in [2.05, 4.69) is 58.2 Å². The Morgan fingerprint density at radius 1 is 0.781 bits per heavy atom. The molecule has 0 amide bonds. The molecule has 0 aliphatic carbocycles. The van der Waals surface area contributed by atoms with Crippen molar-refractivity contribution in [1.29, 1.82) is 5.26 Å². The van der Waals surface area contributed by atoms with Crippen LogP contribution in [0.2, 0.25) is 0 Å². The van der Waals surface area contributed by atoms with Crippen LogP contribution in [0.3, 0.4) is 0 Å². The van der Waals surface area contributed by atoms with Gasteiger partial charge in [-0.3, -0.25) is 19.6 Å². The lowest BCUT2D eigenvalue weighted by Gasteiger charge is -2.17. The van der Waals surface area contributed by atoms with Gasteiger partial charge in [-0.2, -0.15) is 5.26 Å². The van der Waals surface area contributed by atoms with Crippen molar-refractivity contribution < 1.29 is 59.0 Å². The summed E-state index contributed by atoms with van der Waals surface area (Å²) in [5.41, 5.74) is 10.1. The minimum Gasteiger partial charge on any atom is -0.481 e. The van der Waals surface area contributed by atoms with Crippen LogP contribution in [0.25, 0.3) is 44.6 Å². The number of anilines is 2. The van der Waals surface area contributed by atoms with E-state index in [1.165, 1.54) is 0 Å². The zero-order chi connectivity index (χ0) is 46.2. The molecule has 330 valence electrons. The molecule has 3 aromatic heterocycles. The molecule has 2 saturated heterocycles. The average Bonchev–Trinajstić information content (AvgIpc) is 4.02. The number of β-amino-alcohol motifs (C(OH)–C–C–N with tert-alkyl or cyclic N) is 1. The first-order chi connectivity index (χ1) is 30.5. The molecule has 5 heterocycles. The summed E-state index contributed by atoms with van der Waals surface area (Å²) in [5, 5.41) is 63.5. The number of carboxylic acids is 5. The Hall–Kier alpha value is -7.79. The Balaban J connectivity index is 0.000000502. The first-order valence-electron chi connectivity index (χ1n) is 19.8. The molecule has 3 aromatic carbocycles. The Morgan fingerprint density at radius 2 is 1.41 bits per heavy atom. The molecule has 8 rings (SSSR count). The average molecular weight is 874 g/mol. The molecule has 0 unspecified atom stereocenters. The summed E-state index contributed by atoms with van der Waals surface area (Å²) in [7, 11) is 0. The van der Waals surface area contributed by atoms with Crippen molar-refractivity contribution in [2.75, 3.05) is 31.5 Å². The van der Waals surface area contributed by atoms with Crippen molar-refractivity contribution in [3.05, 3.63) is 101 Å².